The van der Waals surface area contributed by atoms with Gasteiger partial charge in [-0.25, -0.2) is 8.42 Å². The number of fused-ring (bicyclic) bond motifs is 1. The van der Waals surface area contributed by atoms with Crippen molar-refractivity contribution in [2.24, 2.45) is 5.73 Å². The van der Waals surface area contributed by atoms with E-state index in [0.29, 0.717) is 26.1 Å². The minimum atomic E-state index is -3.65. The van der Waals surface area contributed by atoms with Gasteiger partial charge >= 0.3 is 0 Å². The molecule has 1 atom stereocenters. The van der Waals surface area contributed by atoms with Crippen LogP contribution in [0.5, 0.6) is 0 Å². The predicted octanol–water partition coefficient (Wildman–Crippen LogP) is 2.04. The van der Waals surface area contributed by atoms with Gasteiger partial charge in [-0.1, -0.05) is 6.07 Å². The van der Waals surface area contributed by atoms with E-state index >= 15 is 0 Å². The fourth-order valence-corrected chi connectivity index (χ4v) is 5.06. The molecule has 7 nitrogen and oxygen atoms in total. The summed E-state index contributed by atoms with van der Waals surface area (Å²) >= 11 is 0. The van der Waals surface area contributed by atoms with Crippen molar-refractivity contribution in [3.05, 3.63) is 36.7 Å². The Hall–Kier alpha value is -1.45. The number of hydrogen-bond donors (Lipinski definition) is 1. The van der Waals surface area contributed by atoms with Crippen LogP contribution in [0.1, 0.15) is 19.8 Å². The molecule has 1 aromatic heterocycles. The van der Waals surface area contributed by atoms with Crippen LogP contribution in [0.2, 0.25) is 0 Å². The van der Waals surface area contributed by atoms with Gasteiger partial charge in [-0.15, -0.1) is 24.8 Å². The summed E-state index contributed by atoms with van der Waals surface area (Å²) in [7, 11) is -3.65. The number of nitrogens with zero attached hydrogens (tertiary/aromatic N) is 3. The summed E-state index contributed by atoms with van der Waals surface area (Å²) in [5, 5.41) is 1.73. The first kappa shape index (κ1) is 24.6. The third-order valence-corrected chi connectivity index (χ3v) is 6.79. The molecule has 28 heavy (non-hydrogen) atoms. The molecule has 2 aromatic rings. The Labute approximate surface area is 178 Å². The van der Waals surface area contributed by atoms with Crippen molar-refractivity contribution in [3.63, 3.8) is 0 Å². The van der Waals surface area contributed by atoms with Crippen molar-refractivity contribution >= 4 is 51.5 Å². The summed E-state index contributed by atoms with van der Waals surface area (Å²) in [6.45, 7) is 3.20. The van der Waals surface area contributed by atoms with Crippen molar-refractivity contribution in [2.75, 3.05) is 26.2 Å². The van der Waals surface area contributed by atoms with Crippen LogP contribution in [0.4, 0.5) is 0 Å². The molecule has 10 heteroatoms. The highest BCUT2D eigenvalue weighted by molar-refractivity contribution is 7.89. The van der Waals surface area contributed by atoms with Crippen molar-refractivity contribution in [1.82, 2.24) is 14.2 Å². The molecule has 2 heterocycles. The molecule has 1 amide bonds. The molecule has 1 aliphatic heterocycles. The number of nitrogens with two attached hydrogens (primary N) is 1. The van der Waals surface area contributed by atoms with Crippen LogP contribution in [-0.4, -0.2) is 60.7 Å². The third-order valence-electron chi connectivity index (χ3n) is 4.78. The van der Waals surface area contributed by atoms with E-state index in [4.69, 9.17) is 5.73 Å². The Balaban J connectivity index is 0.00000196. The summed E-state index contributed by atoms with van der Waals surface area (Å²) in [5.41, 5.74) is 5.47. The first-order valence-corrected chi connectivity index (χ1v) is 10.2. The van der Waals surface area contributed by atoms with E-state index in [1.807, 2.05) is 6.92 Å². The van der Waals surface area contributed by atoms with Gasteiger partial charge in [-0.3, -0.25) is 9.78 Å². The van der Waals surface area contributed by atoms with Crippen molar-refractivity contribution < 1.29 is 13.2 Å². The van der Waals surface area contributed by atoms with Gasteiger partial charge in [-0.2, -0.15) is 4.31 Å². The molecule has 0 saturated carbocycles. The monoisotopic (exact) mass is 448 g/mol. The fourth-order valence-electron chi connectivity index (χ4n) is 3.36. The molecule has 1 aliphatic rings. The summed E-state index contributed by atoms with van der Waals surface area (Å²) < 4.78 is 28.0. The van der Waals surface area contributed by atoms with Crippen LogP contribution in [0.3, 0.4) is 0 Å². The number of aromatic nitrogens is 1. The number of rotatable bonds is 3. The van der Waals surface area contributed by atoms with Crippen molar-refractivity contribution in [3.8, 4) is 0 Å². The third kappa shape index (κ3) is 5.12. The summed E-state index contributed by atoms with van der Waals surface area (Å²) in [6.07, 6.45) is 4.82. The van der Waals surface area contributed by atoms with Gasteiger partial charge in [0.05, 0.1) is 11.4 Å². The lowest BCUT2D eigenvalue weighted by atomic mass is 10.2. The van der Waals surface area contributed by atoms with Gasteiger partial charge in [0.2, 0.25) is 15.9 Å². The zero-order valence-corrected chi connectivity index (χ0v) is 18.1. The van der Waals surface area contributed by atoms with Crippen LogP contribution in [0.25, 0.3) is 10.8 Å². The van der Waals surface area contributed by atoms with Gasteiger partial charge in [0.25, 0.3) is 0 Å². The maximum atomic E-state index is 13.2. The smallest absolute Gasteiger partial charge is 0.243 e. The van der Waals surface area contributed by atoms with E-state index in [0.717, 1.165) is 17.2 Å². The predicted molar refractivity (Wildman–Crippen MR) is 114 cm³/mol. The fraction of sp³-hybridized carbons (Fsp3) is 0.444. The van der Waals surface area contributed by atoms with E-state index in [1.165, 1.54) is 4.31 Å². The number of benzene rings is 1. The molecule has 0 unspecified atom stereocenters. The number of hydrogen-bond acceptors (Lipinski definition) is 5. The Morgan fingerprint density at radius 2 is 1.89 bits per heavy atom. The highest BCUT2D eigenvalue weighted by Gasteiger charge is 2.32. The number of amides is 1. The molecule has 0 spiro atoms. The molecule has 0 radical (unpaired) electrons. The Morgan fingerprint density at radius 3 is 2.61 bits per heavy atom. The van der Waals surface area contributed by atoms with Gasteiger partial charge in [0.1, 0.15) is 0 Å². The zero-order chi connectivity index (χ0) is 18.7. The quantitative estimate of drug-likeness (QED) is 0.774. The molecular weight excluding hydrogens is 423 g/mol. The molecule has 0 bridgehead atoms. The Bertz CT molecular complexity index is 911. The van der Waals surface area contributed by atoms with Crippen LogP contribution >= 0.6 is 24.8 Å². The largest absolute Gasteiger partial charge is 0.340 e. The molecular formula is C18H26Cl2N4O3S. The maximum Gasteiger partial charge on any atom is 0.243 e. The number of carbonyl (C=O) groups excluding carboxylic acids is 1. The molecule has 1 aromatic carbocycles. The number of sulfonamides is 1. The molecule has 0 aliphatic carbocycles. The van der Waals surface area contributed by atoms with Crippen LogP contribution < -0.4 is 5.73 Å². The van der Waals surface area contributed by atoms with Gasteiger partial charge in [-0.05, 0) is 43.4 Å². The number of halogens is 2. The van der Waals surface area contributed by atoms with Gasteiger partial charge < -0.3 is 10.6 Å². The van der Waals surface area contributed by atoms with Crippen LogP contribution in [0.15, 0.2) is 41.6 Å². The molecule has 2 N–H and O–H groups in total. The first-order chi connectivity index (χ1) is 12.4. The minimum Gasteiger partial charge on any atom is -0.340 e. The van der Waals surface area contributed by atoms with E-state index in [-0.39, 0.29) is 48.2 Å². The summed E-state index contributed by atoms with van der Waals surface area (Å²) in [6, 6.07) is 6.55. The highest BCUT2D eigenvalue weighted by Crippen LogP contribution is 2.24. The second kappa shape index (κ2) is 10.4. The second-order valence-electron chi connectivity index (χ2n) is 6.60. The summed E-state index contributed by atoms with van der Waals surface area (Å²) in [5.74, 6) is -0.144. The van der Waals surface area contributed by atoms with E-state index in [9.17, 15) is 13.2 Å². The molecule has 3 rings (SSSR count). The number of pyridine rings is 1. The molecule has 1 fully saturated rings. The minimum absolute atomic E-state index is 0. The molecule has 156 valence electrons. The van der Waals surface area contributed by atoms with Crippen LogP contribution in [-0.2, 0) is 14.8 Å². The SMILES string of the molecule is C[C@@H]1CN(C(=O)CN)CCCCN1S(=O)(=O)c1ccc2cnccc2c1.Cl.Cl. The lowest BCUT2D eigenvalue weighted by Gasteiger charge is -2.35. The van der Waals surface area contributed by atoms with Crippen molar-refractivity contribution in [2.45, 2.75) is 30.7 Å². The lowest BCUT2D eigenvalue weighted by Crippen LogP contribution is -2.50. The molecule has 1 saturated heterocycles. The Kier molecular flexibility index (Phi) is 9.10. The first-order valence-electron chi connectivity index (χ1n) is 8.77. The second-order valence-corrected chi connectivity index (χ2v) is 8.49. The lowest BCUT2D eigenvalue weighted by molar-refractivity contribution is -0.130. The zero-order valence-electron chi connectivity index (χ0n) is 15.7. The van der Waals surface area contributed by atoms with E-state index in [2.05, 4.69) is 4.98 Å². The van der Waals surface area contributed by atoms with Crippen molar-refractivity contribution in [1.29, 1.82) is 0 Å². The average molecular weight is 449 g/mol. The van der Waals surface area contributed by atoms with E-state index in [1.54, 1.807) is 41.6 Å². The average Bonchev–Trinajstić information content (AvgIpc) is 2.63. The topological polar surface area (TPSA) is 96.6 Å². The Morgan fingerprint density at radius 1 is 1.18 bits per heavy atom. The maximum absolute atomic E-state index is 13.2. The normalized spacial score (nSPS) is 18.5. The van der Waals surface area contributed by atoms with E-state index < -0.39 is 10.0 Å². The van der Waals surface area contributed by atoms with Gasteiger partial charge in [0.15, 0.2) is 0 Å². The van der Waals surface area contributed by atoms with Gasteiger partial charge in [0, 0.05) is 43.5 Å². The van der Waals surface area contributed by atoms with Crippen LogP contribution in [0, 0.1) is 0 Å². The standard InChI is InChI=1S/C18H24N4O3S.2ClH/c1-14-13-21(18(23)11-19)8-2-3-9-22(14)26(24,25)17-5-4-16-12-20-7-6-15(16)10-17;;/h4-7,10,12,14H,2-3,8-9,11,13,19H2,1H3;2*1H/t14-;;/m1../s1. The summed E-state index contributed by atoms with van der Waals surface area (Å²) in [4.78, 5) is 18.0. The number of carbonyl (C=O) groups is 1. The highest BCUT2D eigenvalue weighted by atomic mass is 35.5.